The van der Waals surface area contributed by atoms with Gasteiger partial charge >= 0.3 is 5.97 Å². The summed E-state index contributed by atoms with van der Waals surface area (Å²) in [5.74, 6) is 0.228. The number of fused-ring (bicyclic) bond motifs is 1. The van der Waals surface area contributed by atoms with Crippen molar-refractivity contribution in [1.82, 2.24) is 29.7 Å². The first-order chi connectivity index (χ1) is 25.6. The van der Waals surface area contributed by atoms with Gasteiger partial charge in [-0.2, -0.15) is 0 Å². The number of hydrogen-bond donors (Lipinski definition) is 1. The molecule has 3 atom stereocenters. The number of esters is 1. The zero-order valence-corrected chi connectivity index (χ0v) is 30.7. The third-order valence-electron chi connectivity index (χ3n) is 10.5. The minimum Gasteiger partial charge on any atom is -0.473 e. The number of piperidine rings is 1. The Morgan fingerprint density at radius 3 is 2.60 bits per heavy atom. The van der Waals surface area contributed by atoms with E-state index in [2.05, 4.69) is 14.8 Å². The fourth-order valence-corrected chi connectivity index (χ4v) is 7.59. The topological polar surface area (TPSA) is 128 Å². The molecule has 14 heteroatoms. The molecule has 0 aliphatic carbocycles. The number of amides is 2. The predicted molar refractivity (Wildman–Crippen MR) is 195 cm³/mol. The summed E-state index contributed by atoms with van der Waals surface area (Å²) in [5, 5.41) is 3.07. The third-order valence-corrected chi connectivity index (χ3v) is 10.7. The fraction of sp³-hybridized carbons (Fsp3) is 0.462. The number of hydrogen-bond acceptors (Lipinski definition) is 9. The number of methoxy groups -OCH3 is 1. The summed E-state index contributed by atoms with van der Waals surface area (Å²) < 4.78 is 32.9. The number of ether oxygens (including phenoxy) is 3. The number of pyridine rings is 1. The highest BCUT2D eigenvalue weighted by Crippen LogP contribution is 2.30. The minimum atomic E-state index is -0.634. The van der Waals surface area contributed by atoms with Gasteiger partial charge in [-0.3, -0.25) is 14.5 Å². The van der Waals surface area contributed by atoms with Crippen molar-refractivity contribution in [2.24, 2.45) is 5.92 Å². The van der Waals surface area contributed by atoms with E-state index in [1.165, 1.54) is 18.1 Å². The Kier molecular flexibility index (Phi) is 11.2. The number of nitrogens with zero attached hydrogens (tertiary/aromatic N) is 5. The number of rotatable bonds is 12. The van der Waals surface area contributed by atoms with Gasteiger partial charge in [-0.15, -0.1) is 0 Å². The van der Waals surface area contributed by atoms with Crippen molar-refractivity contribution in [3.63, 3.8) is 0 Å². The first kappa shape index (κ1) is 36.8. The van der Waals surface area contributed by atoms with Crippen LogP contribution in [-0.2, 0) is 38.8 Å². The van der Waals surface area contributed by atoms with E-state index >= 15 is 0 Å². The smallest absolute Gasteiger partial charge is 0.328 e. The van der Waals surface area contributed by atoms with Gasteiger partial charge in [0.1, 0.15) is 24.3 Å². The monoisotopic (exact) mass is 746 g/mol. The molecule has 0 unspecified atom stereocenters. The van der Waals surface area contributed by atoms with Crippen molar-refractivity contribution >= 4 is 40.4 Å². The van der Waals surface area contributed by atoms with E-state index in [1.54, 1.807) is 30.3 Å². The van der Waals surface area contributed by atoms with Crippen LogP contribution in [-0.4, -0.2) is 94.2 Å². The van der Waals surface area contributed by atoms with Crippen LogP contribution in [0.2, 0.25) is 5.02 Å². The van der Waals surface area contributed by atoms with Gasteiger partial charge in [0.05, 0.1) is 43.9 Å². The molecule has 4 aromatic rings. The molecule has 2 amide bonds. The minimum absolute atomic E-state index is 0.0631. The van der Waals surface area contributed by atoms with E-state index in [4.69, 9.17) is 35.8 Å². The average molecular weight is 747 g/mol. The third kappa shape index (κ3) is 8.47. The van der Waals surface area contributed by atoms with Crippen molar-refractivity contribution in [2.75, 3.05) is 39.9 Å². The van der Waals surface area contributed by atoms with Crippen LogP contribution in [0.15, 0.2) is 54.6 Å². The predicted octanol–water partition coefficient (Wildman–Crippen LogP) is 5.11. The highest BCUT2D eigenvalue weighted by atomic mass is 35.5. The molecule has 0 saturated carbocycles. The fourth-order valence-electron chi connectivity index (χ4n) is 7.43. The van der Waals surface area contributed by atoms with E-state index < -0.39 is 17.8 Å². The molecule has 0 spiro atoms. The quantitative estimate of drug-likeness (QED) is 0.197. The number of aromatic nitrogens is 3. The molecule has 3 fully saturated rings. The summed E-state index contributed by atoms with van der Waals surface area (Å²) in [6.45, 7) is 6.03. The molecule has 2 aromatic heterocycles. The van der Waals surface area contributed by atoms with Gasteiger partial charge in [0.15, 0.2) is 0 Å². The summed E-state index contributed by atoms with van der Waals surface area (Å²) in [7, 11) is 1.31. The highest BCUT2D eigenvalue weighted by molar-refractivity contribution is 6.30. The summed E-state index contributed by atoms with van der Waals surface area (Å²) in [5.41, 5.74) is 3.40. The van der Waals surface area contributed by atoms with Gasteiger partial charge in [0.2, 0.25) is 11.8 Å². The number of nitrogens with one attached hydrogen (secondary N) is 1. The van der Waals surface area contributed by atoms with E-state index in [0.29, 0.717) is 53.6 Å². The van der Waals surface area contributed by atoms with Crippen LogP contribution in [0.25, 0.3) is 11.0 Å². The molecule has 1 N–H and O–H groups in total. The lowest BCUT2D eigenvalue weighted by Gasteiger charge is -2.32. The summed E-state index contributed by atoms with van der Waals surface area (Å²) in [4.78, 5) is 52.1. The molecule has 0 bridgehead atoms. The van der Waals surface area contributed by atoms with Crippen LogP contribution >= 0.6 is 11.6 Å². The van der Waals surface area contributed by atoms with Crippen molar-refractivity contribution in [2.45, 2.75) is 70.4 Å². The second-order valence-corrected chi connectivity index (χ2v) is 14.6. The van der Waals surface area contributed by atoms with E-state index in [1.807, 2.05) is 25.1 Å². The van der Waals surface area contributed by atoms with Crippen LogP contribution in [0.4, 0.5) is 4.39 Å². The largest absolute Gasteiger partial charge is 0.473 e. The van der Waals surface area contributed by atoms with E-state index in [9.17, 15) is 18.8 Å². The Balaban J connectivity index is 0.981. The number of likely N-dealkylation sites (tertiary alicyclic amines) is 2. The van der Waals surface area contributed by atoms with Crippen molar-refractivity contribution in [1.29, 1.82) is 0 Å². The second kappa shape index (κ2) is 16.2. The number of carbonyl (C=O) groups excluding carboxylic acids is 3. The van der Waals surface area contributed by atoms with E-state index in [0.717, 1.165) is 56.0 Å². The lowest BCUT2D eigenvalue weighted by molar-refractivity contribution is -0.150. The van der Waals surface area contributed by atoms with Crippen molar-refractivity contribution in [3.8, 4) is 5.88 Å². The standard InChI is InChI=1S/C39H44ClFN6O6/c1-24-16-34(39(50)51-2)47(20-24)37(48)19-42-38(49)26-7-9-33-32(17-26)43-35(46(33)21-29-12-15-52-29)22-45-13-10-25(11-14-45)31-4-3-5-36(44-31)53-23-27-6-8-28(40)18-30(27)41/h3-9,17-18,24-25,29,34H,10-16,19-23H2,1-2H3,(H,42,49)/t24-,29-,34-/m0/s1. The van der Waals surface area contributed by atoms with Crippen molar-refractivity contribution in [3.05, 3.63) is 88.1 Å². The van der Waals surface area contributed by atoms with Crippen molar-refractivity contribution < 1.29 is 33.0 Å². The molecule has 3 saturated heterocycles. The maximum atomic E-state index is 14.2. The van der Waals surface area contributed by atoms with Crippen LogP contribution < -0.4 is 10.1 Å². The maximum Gasteiger partial charge on any atom is 0.328 e. The Labute approximate surface area is 312 Å². The zero-order chi connectivity index (χ0) is 37.1. The second-order valence-electron chi connectivity index (χ2n) is 14.2. The van der Waals surface area contributed by atoms with Gasteiger partial charge in [0.25, 0.3) is 5.91 Å². The van der Waals surface area contributed by atoms with Gasteiger partial charge in [0, 0.05) is 47.0 Å². The molecule has 3 aliphatic rings. The number of halogens is 2. The molecular formula is C39H44ClFN6O6. The molecule has 0 radical (unpaired) electrons. The van der Waals surface area contributed by atoms with Crippen LogP contribution in [0.3, 0.4) is 0 Å². The first-order valence-corrected chi connectivity index (χ1v) is 18.5. The van der Waals surface area contributed by atoms with Gasteiger partial charge in [-0.25, -0.2) is 19.2 Å². The van der Waals surface area contributed by atoms with Crippen LogP contribution in [0.5, 0.6) is 5.88 Å². The Hall–Kier alpha value is -4.59. The molecule has 7 rings (SSSR count). The Morgan fingerprint density at radius 1 is 1.06 bits per heavy atom. The summed E-state index contributed by atoms with van der Waals surface area (Å²) in [6.07, 6.45) is 3.46. The SMILES string of the molecule is COC(=O)[C@@H]1C[C@H](C)CN1C(=O)CNC(=O)c1ccc2c(c1)nc(CN1CCC(c3cccc(OCc4ccc(Cl)cc4F)n3)CC1)n2C[C@@H]1CCO1. The van der Waals surface area contributed by atoms with Gasteiger partial charge in [-0.05, 0) is 81.1 Å². The van der Waals surface area contributed by atoms with Gasteiger partial charge < -0.3 is 29.0 Å². The highest BCUT2D eigenvalue weighted by Gasteiger charge is 2.38. The Morgan fingerprint density at radius 2 is 1.87 bits per heavy atom. The lowest BCUT2D eigenvalue weighted by atomic mass is 9.93. The average Bonchev–Trinajstić information content (AvgIpc) is 3.70. The molecular weight excluding hydrogens is 703 g/mol. The zero-order valence-electron chi connectivity index (χ0n) is 29.9. The molecule has 53 heavy (non-hydrogen) atoms. The normalized spacial score (nSPS) is 20.7. The van der Waals surface area contributed by atoms with E-state index in [-0.39, 0.29) is 42.9 Å². The van der Waals surface area contributed by atoms with Crippen LogP contribution in [0, 0.1) is 11.7 Å². The van der Waals surface area contributed by atoms with Crippen LogP contribution in [0.1, 0.15) is 66.0 Å². The van der Waals surface area contributed by atoms with Gasteiger partial charge in [-0.1, -0.05) is 30.7 Å². The number of benzene rings is 2. The Bertz CT molecular complexity index is 1980. The molecule has 3 aliphatic heterocycles. The molecule has 280 valence electrons. The molecule has 2 aromatic carbocycles. The molecule has 5 heterocycles. The number of carbonyl (C=O) groups is 3. The summed E-state index contributed by atoms with van der Waals surface area (Å²) >= 11 is 5.88. The maximum absolute atomic E-state index is 14.2. The molecule has 12 nitrogen and oxygen atoms in total. The lowest BCUT2D eigenvalue weighted by Crippen LogP contribution is -2.46. The first-order valence-electron chi connectivity index (χ1n) is 18.2. The number of imidazole rings is 1. The summed E-state index contributed by atoms with van der Waals surface area (Å²) in [6, 6.07) is 15.0.